The van der Waals surface area contributed by atoms with Crippen LogP contribution in [0.5, 0.6) is 0 Å². The SMILES string of the molecule is Cc1cnc(-c2cc(-c3cncc(N4CCOCC4)c3)ccn2)n1C(C)C. The van der Waals surface area contributed by atoms with E-state index in [0.29, 0.717) is 6.04 Å². The van der Waals surface area contributed by atoms with Crippen LogP contribution in [0.3, 0.4) is 0 Å². The summed E-state index contributed by atoms with van der Waals surface area (Å²) in [6.07, 6.45) is 7.58. The molecule has 4 rings (SSSR count). The van der Waals surface area contributed by atoms with Gasteiger partial charge in [-0.3, -0.25) is 9.97 Å². The molecule has 0 unspecified atom stereocenters. The van der Waals surface area contributed by atoms with E-state index >= 15 is 0 Å². The molecule has 0 aliphatic carbocycles. The standard InChI is InChI=1S/C21H25N5O/c1-15(2)26-16(3)12-24-21(26)20-11-17(4-5-23-20)18-10-19(14-22-13-18)25-6-8-27-9-7-25/h4-5,10-15H,6-9H2,1-3H3. The van der Waals surface area contributed by atoms with Crippen LogP contribution in [0.15, 0.2) is 43.0 Å². The summed E-state index contributed by atoms with van der Waals surface area (Å²) >= 11 is 0. The molecule has 0 bridgehead atoms. The van der Waals surface area contributed by atoms with Gasteiger partial charge in [-0.2, -0.15) is 0 Å². The number of hydrogen-bond donors (Lipinski definition) is 0. The van der Waals surface area contributed by atoms with E-state index in [0.717, 1.165) is 60.3 Å². The third-order valence-corrected chi connectivity index (χ3v) is 4.92. The summed E-state index contributed by atoms with van der Waals surface area (Å²) in [4.78, 5) is 16.0. The Morgan fingerprint density at radius 2 is 1.81 bits per heavy atom. The number of hydrogen-bond acceptors (Lipinski definition) is 5. The highest BCUT2D eigenvalue weighted by Crippen LogP contribution is 2.28. The minimum Gasteiger partial charge on any atom is -0.378 e. The summed E-state index contributed by atoms with van der Waals surface area (Å²) in [5, 5.41) is 0. The molecule has 3 aromatic heterocycles. The van der Waals surface area contributed by atoms with E-state index in [1.807, 2.05) is 30.9 Å². The molecule has 0 spiro atoms. The fourth-order valence-electron chi connectivity index (χ4n) is 3.60. The number of nitrogens with zero attached hydrogens (tertiary/aromatic N) is 5. The van der Waals surface area contributed by atoms with Gasteiger partial charge in [0.05, 0.1) is 25.1 Å². The van der Waals surface area contributed by atoms with E-state index in [1.54, 1.807) is 0 Å². The number of aromatic nitrogens is 4. The van der Waals surface area contributed by atoms with Crippen molar-refractivity contribution in [1.29, 1.82) is 0 Å². The number of anilines is 1. The molecule has 1 saturated heterocycles. The van der Waals surface area contributed by atoms with Crippen molar-refractivity contribution in [2.75, 3.05) is 31.2 Å². The second-order valence-electron chi connectivity index (χ2n) is 7.15. The normalized spacial score (nSPS) is 14.7. The third-order valence-electron chi connectivity index (χ3n) is 4.92. The van der Waals surface area contributed by atoms with E-state index in [4.69, 9.17) is 4.74 Å². The van der Waals surface area contributed by atoms with Crippen molar-refractivity contribution in [3.05, 3.63) is 48.7 Å². The van der Waals surface area contributed by atoms with Gasteiger partial charge in [0.1, 0.15) is 5.69 Å². The van der Waals surface area contributed by atoms with Crippen LogP contribution in [-0.4, -0.2) is 45.8 Å². The molecule has 3 aromatic rings. The van der Waals surface area contributed by atoms with E-state index < -0.39 is 0 Å². The Morgan fingerprint density at radius 1 is 1.00 bits per heavy atom. The van der Waals surface area contributed by atoms with Crippen LogP contribution in [0.25, 0.3) is 22.6 Å². The summed E-state index contributed by atoms with van der Waals surface area (Å²) in [6, 6.07) is 6.65. The van der Waals surface area contributed by atoms with Crippen molar-refractivity contribution < 1.29 is 4.74 Å². The number of ether oxygens (including phenoxy) is 1. The third kappa shape index (κ3) is 3.57. The summed E-state index contributed by atoms with van der Waals surface area (Å²) in [6.45, 7) is 9.74. The highest BCUT2D eigenvalue weighted by molar-refractivity contribution is 5.70. The van der Waals surface area contributed by atoms with E-state index in [9.17, 15) is 0 Å². The topological polar surface area (TPSA) is 56.1 Å². The van der Waals surface area contributed by atoms with Gasteiger partial charge in [0.25, 0.3) is 0 Å². The van der Waals surface area contributed by atoms with Gasteiger partial charge in [-0.05, 0) is 44.5 Å². The molecule has 0 radical (unpaired) electrons. The number of imidazole rings is 1. The lowest BCUT2D eigenvalue weighted by atomic mass is 10.1. The molecule has 0 saturated carbocycles. The van der Waals surface area contributed by atoms with E-state index in [1.165, 1.54) is 0 Å². The van der Waals surface area contributed by atoms with Crippen molar-refractivity contribution >= 4 is 5.69 Å². The van der Waals surface area contributed by atoms with Gasteiger partial charge >= 0.3 is 0 Å². The maximum atomic E-state index is 5.45. The molecule has 1 fully saturated rings. The van der Waals surface area contributed by atoms with Crippen molar-refractivity contribution in [3.63, 3.8) is 0 Å². The van der Waals surface area contributed by atoms with Crippen LogP contribution in [0, 0.1) is 6.92 Å². The second kappa shape index (κ2) is 7.48. The highest BCUT2D eigenvalue weighted by Gasteiger charge is 2.15. The van der Waals surface area contributed by atoms with Crippen LogP contribution in [0.4, 0.5) is 5.69 Å². The van der Waals surface area contributed by atoms with Crippen molar-refractivity contribution in [2.45, 2.75) is 26.8 Å². The fourth-order valence-corrected chi connectivity index (χ4v) is 3.60. The molecule has 4 heterocycles. The first kappa shape index (κ1) is 17.7. The van der Waals surface area contributed by atoms with Crippen molar-refractivity contribution in [3.8, 4) is 22.6 Å². The average molecular weight is 363 g/mol. The lowest BCUT2D eigenvalue weighted by Crippen LogP contribution is -2.36. The molecule has 6 heteroatoms. The Labute approximate surface area is 159 Å². The quantitative estimate of drug-likeness (QED) is 0.707. The Morgan fingerprint density at radius 3 is 2.59 bits per heavy atom. The molecule has 0 aromatic carbocycles. The molecule has 1 aliphatic heterocycles. The molecule has 0 atom stereocenters. The highest BCUT2D eigenvalue weighted by atomic mass is 16.5. The molecule has 0 amide bonds. The van der Waals surface area contributed by atoms with Crippen molar-refractivity contribution in [1.82, 2.24) is 19.5 Å². The largest absolute Gasteiger partial charge is 0.378 e. The van der Waals surface area contributed by atoms with Gasteiger partial charge < -0.3 is 14.2 Å². The zero-order valence-corrected chi connectivity index (χ0v) is 16.1. The maximum Gasteiger partial charge on any atom is 0.159 e. The minimum atomic E-state index is 0.333. The van der Waals surface area contributed by atoms with Crippen LogP contribution >= 0.6 is 0 Å². The van der Waals surface area contributed by atoms with Gasteiger partial charge in [0, 0.05) is 49.0 Å². The molecule has 6 nitrogen and oxygen atoms in total. The smallest absolute Gasteiger partial charge is 0.159 e. The average Bonchev–Trinajstić information content (AvgIpc) is 3.11. The number of aryl methyl sites for hydroxylation is 1. The lowest BCUT2D eigenvalue weighted by Gasteiger charge is -2.28. The minimum absolute atomic E-state index is 0.333. The lowest BCUT2D eigenvalue weighted by molar-refractivity contribution is 0.122. The first-order valence-corrected chi connectivity index (χ1v) is 9.42. The predicted octanol–water partition coefficient (Wildman–Crippen LogP) is 3.73. The van der Waals surface area contributed by atoms with Gasteiger partial charge in [-0.15, -0.1) is 0 Å². The van der Waals surface area contributed by atoms with E-state index in [-0.39, 0.29) is 0 Å². The van der Waals surface area contributed by atoms with Gasteiger partial charge in [-0.1, -0.05) is 0 Å². The fraction of sp³-hybridized carbons (Fsp3) is 0.381. The summed E-state index contributed by atoms with van der Waals surface area (Å²) in [5.74, 6) is 0.904. The second-order valence-corrected chi connectivity index (χ2v) is 7.15. The van der Waals surface area contributed by atoms with Crippen LogP contribution in [-0.2, 0) is 4.74 Å². The summed E-state index contributed by atoms with van der Waals surface area (Å²) < 4.78 is 7.67. The predicted molar refractivity (Wildman–Crippen MR) is 107 cm³/mol. The monoisotopic (exact) mass is 363 g/mol. The zero-order chi connectivity index (χ0) is 18.8. The molecule has 0 N–H and O–H groups in total. The Balaban J connectivity index is 1.69. The molecular weight excluding hydrogens is 338 g/mol. The zero-order valence-electron chi connectivity index (χ0n) is 16.1. The molecule has 140 valence electrons. The first-order chi connectivity index (χ1) is 13.1. The molecule has 1 aliphatic rings. The van der Waals surface area contributed by atoms with Crippen LogP contribution in [0.1, 0.15) is 25.6 Å². The van der Waals surface area contributed by atoms with Crippen molar-refractivity contribution in [2.24, 2.45) is 0 Å². The first-order valence-electron chi connectivity index (χ1n) is 9.42. The van der Waals surface area contributed by atoms with Gasteiger partial charge in [-0.25, -0.2) is 4.98 Å². The van der Waals surface area contributed by atoms with Crippen LogP contribution < -0.4 is 4.90 Å². The van der Waals surface area contributed by atoms with Gasteiger partial charge in [0.15, 0.2) is 5.82 Å². The Kier molecular flexibility index (Phi) is 4.90. The summed E-state index contributed by atoms with van der Waals surface area (Å²) in [7, 11) is 0. The maximum absolute atomic E-state index is 5.45. The molecular formula is C21H25N5O. The number of pyridine rings is 2. The molecule has 27 heavy (non-hydrogen) atoms. The summed E-state index contributed by atoms with van der Waals surface area (Å²) in [5.41, 5.74) is 5.34. The number of morpholine rings is 1. The Hall–Kier alpha value is -2.73. The van der Waals surface area contributed by atoms with Crippen LogP contribution in [0.2, 0.25) is 0 Å². The Bertz CT molecular complexity index is 928. The van der Waals surface area contributed by atoms with Gasteiger partial charge in [0.2, 0.25) is 0 Å². The van der Waals surface area contributed by atoms with E-state index in [2.05, 4.69) is 57.3 Å². The number of rotatable bonds is 4.